The Hall–Kier alpha value is -4.33. The molecular formula is C33H38FN3O8S. The highest BCUT2D eigenvalue weighted by Crippen LogP contribution is 2.26. The number of hydrogen-bond acceptors (Lipinski definition) is 8. The first-order valence-corrected chi connectivity index (χ1v) is 16.2. The van der Waals surface area contributed by atoms with Crippen LogP contribution in [0.3, 0.4) is 0 Å². The first-order chi connectivity index (χ1) is 21.8. The van der Waals surface area contributed by atoms with Gasteiger partial charge in [0.2, 0.25) is 10.0 Å². The molecule has 0 spiro atoms. The van der Waals surface area contributed by atoms with E-state index >= 15 is 0 Å². The van der Waals surface area contributed by atoms with E-state index in [0.29, 0.717) is 11.3 Å². The monoisotopic (exact) mass is 655 g/mol. The van der Waals surface area contributed by atoms with Gasteiger partial charge in [0.05, 0.1) is 30.7 Å². The number of nitrogens with one attached hydrogen (secondary N) is 1. The van der Waals surface area contributed by atoms with Crippen molar-refractivity contribution in [3.63, 3.8) is 0 Å². The van der Waals surface area contributed by atoms with Gasteiger partial charge in [0.1, 0.15) is 0 Å². The quantitative estimate of drug-likeness (QED) is 0.250. The molecule has 4 rings (SSSR count). The first kappa shape index (κ1) is 34.5. The number of rotatable bonds is 14. The Balaban J connectivity index is 1.55. The second-order valence-corrected chi connectivity index (χ2v) is 13.4. The lowest BCUT2D eigenvalue weighted by molar-refractivity contribution is -0.129. The van der Waals surface area contributed by atoms with Crippen molar-refractivity contribution < 1.29 is 41.8 Å². The van der Waals surface area contributed by atoms with E-state index in [2.05, 4.69) is 5.32 Å². The fourth-order valence-electron chi connectivity index (χ4n) is 5.08. The Labute approximate surface area is 268 Å². The number of aliphatic hydroxyl groups is 1. The van der Waals surface area contributed by atoms with Crippen LogP contribution in [-0.2, 0) is 26.0 Å². The van der Waals surface area contributed by atoms with E-state index < -0.39 is 52.6 Å². The lowest BCUT2D eigenvalue weighted by Crippen LogP contribution is -2.53. The zero-order chi connectivity index (χ0) is 33.6. The summed E-state index contributed by atoms with van der Waals surface area (Å²) in [5.74, 6) is -1.92. The number of carbonyl (C=O) groups excluding carboxylic acids is 3. The third-order valence-electron chi connectivity index (χ3n) is 7.50. The minimum absolute atomic E-state index is 0.0106. The van der Waals surface area contributed by atoms with Crippen molar-refractivity contribution in [1.29, 1.82) is 0 Å². The molecule has 1 aliphatic heterocycles. The number of ketones is 1. The summed E-state index contributed by atoms with van der Waals surface area (Å²) in [6.07, 6.45) is -3.25. The van der Waals surface area contributed by atoms with E-state index in [0.717, 1.165) is 15.9 Å². The number of aliphatic hydroxyl groups excluding tert-OH is 1. The summed E-state index contributed by atoms with van der Waals surface area (Å²) in [5, 5.41) is 14.2. The maximum atomic E-state index is 14.5. The molecule has 246 valence electrons. The second kappa shape index (κ2) is 14.8. The number of benzene rings is 3. The van der Waals surface area contributed by atoms with Crippen LogP contribution in [0.2, 0.25) is 0 Å². The predicted molar refractivity (Wildman–Crippen MR) is 169 cm³/mol. The highest BCUT2D eigenvalue weighted by atomic mass is 32.2. The van der Waals surface area contributed by atoms with Crippen molar-refractivity contribution in [2.75, 3.05) is 31.6 Å². The predicted octanol–water partition coefficient (Wildman–Crippen LogP) is 3.80. The fraction of sp³-hybridized carbons (Fsp3) is 0.364. The topological polar surface area (TPSA) is 143 Å². The Morgan fingerprint density at radius 1 is 1.09 bits per heavy atom. The summed E-state index contributed by atoms with van der Waals surface area (Å²) < 4.78 is 53.2. The number of anilines is 1. The number of amides is 2. The van der Waals surface area contributed by atoms with Gasteiger partial charge in [-0.25, -0.2) is 17.6 Å². The lowest BCUT2D eigenvalue weighted by Gasteiger charge is -2.31. The lowest BCUT2D eigenvalue weighted by atomic mass is 10.0. The molecule has 1 fully saturated rings. The standard InChI is InChI=1S/C33H38FN3O8S/c1-21(2)18-36(46(42,43)26-14-15-30(44-4)27(34)17-26)19-29(39)28(16-23-8-6-5-7-9-23)35-32(40)31-20-37(33(41)45-31)25-12-10-24(11-13-25)22(3)38/h5-15,17,21,28-29,31,39H,16,18-20H2,1-4H3,(H,35,40)/t28-,29+,31-/m0/s1. The highest BCUT2D eigenvalue weighted by Gasteiger charge is 2.39. The molecule has 0 unspecified atom stereocenters. The molecule has 3 aromatic rings. The summed E-state index contributed by atoms with van der Waals surface area (Å²) in [6, 6.07) is 17.6. The van der Waals surface area contributed by atoms with Crippen LogP contribution in [0.5, 0.6) is 5.75 Å². The number of ether oxygens (including phenoxy) is 2. The third-order valence-corrected chi connectivity index (χ3v) is 9.33. The molecule has 1 saturated heterocycles. The van der Waals surface area contributed by atoms with Crippen LogP contribution in [0, 0.1) is 11.7 Å². The fourth-order valence-corrected chi connectivity index (χ4v) is 6.72. The van der Waals surface area contributed by atoms with Crippen molar-refractivity contribution in [3.8, 4) is 5.75 Å². The van der Waals surface area contributed by atoms with E-state index in [1.54, 1.807) is 62.4 Å². The number of nitrogens with zero attached hydrogens (tertiary/aromatic N) is 2. The molecule has 0 aromatic heterocycles. The normalized spacial score (nSPS) is 16.3. The van der Waals surface area contributed by atoms with Crippen LogP contribution < -0.4 is 15.0 Å². The Bertz CT molecular complexity index is 1650. The van der Waals surface area contributed by atoms with Crippen LogP contribution in [0.15, 0.2) is 77.7 Å². The molecule has 0 saturated carbocycles. The first-order valence-electron chi connectivity index (χ1n) is 14.7. The van der Waals surface area contributed by atoms with Crippen LogP contribution in [0.25, 0.3) is 0 Å². The molecule has 3 aromatic carbocycles. The van der Waals surface area contributed by atoms with Crippen LogP contribution in [0.1, 0.15) is 36.7 Å². The molecule has 3 atom stereocenters. The van der Waals surface area contributed by atoms with Crippen molar-refractivity contribution in [1.82, 2.24) is 9.62 Å². The Morgan fingerprint density at radius 2 is 1.76 bits per heavy atom. The summed E-state index contributed by atoms with van der Waals surface area (Å²) in [4.78, 5) is 38.7. The maximum absolute atomic E-state index is 14.5. The summed E-state index contributed by atoms with van der Waals surface area (Å²) in [6.45, 7) is 4.52. The summed E-state index contributed by atoms with van der Waals surface area (Å²) in [5.41, 5.74) is 1.67. The maximum Gasteiger partial charge on any atom is 0.415 e. The van der Waals surface area contributed by atoms with Gasteiger partial charge in [0, 0.05) is 24.3 Å². The Kier molecular flexibility index (Phi) is 11.1. The van der Waals surface area contributed by atoms with Gasteiger partial charge in [-0.3, -0.25) is 14.5 Å². The van der Waals surface area contributed by atoms with Crippen molar-refractivity contribution >= 4 is 33.5 Å². The molecule has 11 nitrogen and oxygen atoms in total. The number of sulfonamides is 1. The van der Waals surface area contributed by atoms with Gasteiger partial charge in [-0.1, -0.05) is 44.2 Å². The number of halogens is 1. The van der Waals surface area contributed by atoms with Gasteiger partial charge in [0.25, 0.3) is 5.91 Å². The van der Waals surface area contributed by atoms with Crippen molar-refractivity contribution in [2.24, 2.45) is 5.92 Å². The number of methoxy groups -OCH3 is 1. The van der Waals surface area contributed by atoms with E-state index in [1.165, 1.54) is 31.1 Å². The molecular weight excluding hydrogens is 617 g/mol. The average molecular weight is 656 g/mol. The molecule has 2 N–H and O–H groups in total. The van der Waals surface area contributed by atoms with Crippen molar-refractivity contribution in [2.45, 2.75) is 50.3 Å². The minimum Gasteiger partial charge on any atom is -0.494 e. The highest BCUT2D eigenvalue weighted by molar-refractivity contribution is 7.89. The zero-order valence-electron chi connectivity index (χ0n) is 26.1. The van der Waals surface area contributed by atoms with Crippen LogP contribution >= 0.6 is 0 Å². The number of Topliss-reactive ketones (excluding diaryl/α,β-unsaturated/α-hetero) is 1. The molecule has 46 heavy (non-hydrogen) atoms. The summed E-state index contributed by atoms with van der Waals surface area (Å²) >= 11 is 0. The largest absolute Gasteiger partial charge is 0.494 e. The van der Waals surface area contributed by atoms with Gasteiger partial charge in [-0.05, 0) is 67.3 Å². The van der Waals surface area contributed by atoms with E-state index in [4.69, 9.17) is 9.47 Å². The van der Waals surface area contributed by atoms with Gasteiger partial charge in [0.15, 0.2) is 23.5 Å². The smallest absolute Gasteiger partial charge is 0.415 e. The average Bonchev–Trinajstić information content (AvgIpc) is 3.42. The van der Waals surface area contributed by atoms with Crippen LogP contribution in [0.4, 0.5) is 14.9 Å². The minimum atomic E-state index is -4.27. The van der Waals surface area contributed by atoms with E-state index in [9.17, 15) is 32.3 Å². The van der Waals surface area contributed by atoms with Gasteiger partial charge in [-0.15, -0.1) is 0 Å². The van der Waals surface area contributed by atoms with Gasteiger partial charge >= 0.3 is 6.09 Å². The number of hydrogen-bond donors (Lipinski definition) is 2. The number of cyclic esters (lactones) is 1. The van der Waals surface area contributed by atoms with E-state index in [-0.39, 0.29) is 41.9 Å². The zero-order valence-corrected chi connectivity index (χ0v) is 26.9. The Morgan fingerprint density at radius 3 is 2.35 bits per heavy atom. The van der Waals surface area contributed by atoms with Gasteiger partial charge < -0.3 is 19.9 Å². The van der Waals surface area contributed by atoms with Gasteiger partial charge in [-0.2, -0.15) is 4.31 Å². The number of carbonyl (C=O) groups is 3. The molecule has 1 aliphatic rings. The van der Waals surface area contributed by atoms with E-state index in [1.807, 2.05) is 6.07 Å². The van der Waals surface area contributed by atoms with Crippen molar-refractivity contribution in [3.05, 3.63) is 89.7 Å². The molecule has 2 amide bonds. The SMILES string of the molecule is COc1ccc(S(=O)(=O)N(CC(C)C)C[C@@H](O)[C@H](Cc2ccccc2)NC(=O)[C@@H]2CN(c3ccc(C(C)=O)cc3)C(=O)O2)cc1F. The molecule has 0 radical (unpaired) electrons. The molecule has 0 aliphatic carbocycles. The molecule has 1 heterocycles. The molecule has 13 heteroatoms. The summed E-state index contributed by atoms with van der Waals surface area (Å²) in [7, 11) is -3.01. The molecule has 0 bridgehead atoms. The second-order valence-electron chi connectivity index (χ2n) is 11.5. The third kappa shape index (κ3) is 8.27. The van der Waals surface area contributed by atoms with Crippen LogP contribution in [-0.4, -0.2) is 80.6 Å².